The van der Waals surface area contributed by atoms with Gasteiger partial charge in [0.25, 0.3) is 11.1 Å². The van der Waals surface area contributed by atoms with Crippen LogP contribution in [0.5, 0.6) is 11.5 Å². The zero-order valence-electron chi connectivity index (χ0n) is 18.3. The lowest BCUT2D eigenvalue weighted by Gasteiger charge is -2.13. The normalized spacial score (nSPS) is 14.9. The second-order valence-corrected chi connectivity index (χ2v) is 9.40. The first-order valence-corrected chi connectivity index (χ1v) is 11.8. The zero-order valence-corrected chi connectivity index (χ0v) is 20.6. The van der Waals surface area contributed by atoms with Gasteiger partial charge in [-0.15, -0.1) is 0 Å². The fourth-order valence-corrected chi connectivity index (χ4v) is 4.48. The molecule has 190 valence electrons. The molecule has 1 saturated heterocycles. The number of alkyl halides is 3. The molecule has 37 heavy (non-hydrogen) atoms. The predicted octanol–water partition coefficient (Wildman–Crippen LogP) is 7.95. The SMILES string of the molecule is O=C1S/C(=C/c2ccccc2Oc2ccc(C(F)(F)F)cc2[N+](=O)[O-])C(=O)N1Cc1ccc(Cl)c(Cl)c1. The van der Waals surface area contributed by atoms with Crippen molar-refractivity contribution in [1.29, 1.82) is 0 Å². The number of nitro groups is 1. The molecule has 1 aliphatic heterocycles. The molecule has 0 aromatic heterocycles. The third-order valence-electron chi connectivity index (χ3n) is 5.11. The Bertz CT molecular complexity index is 1460. The highest BCUT2D eigenvalue weighted by molar-refractivity contribution is 8.18. The van der Waals surface area contributed by atoms with Gasteiger partial charge in [0.05, 0.1) is 32.0 Å². The van der Waals surface area contributed by atoms with Gasteiger partial charge in [-0.2, -0.15) is 13.2 Å². The van der Waals surface area contributed by atoms with Gasteiger partial charge in [0, 0.05) is 11.6 Å². The molecule has 0 atom stereocenters. The number of imide groups is 1. The van der Waals surface area contributed by atoms with Crippen LogP contribution in [0.4, 0.5) is 23.7 Å². The van der Waals surface area contributed by atoms with Crippen molar-refractivity contribution in [1.82, 2.24) is 4.90 Å². The van der Waals surface area contributed by atoms with Crippen LogP contribution in [0.25, 0.3) is 6.08 Å². The molecule has 0 spiro atoms. The van der Waals surface area contributed by atoms with E-state index < -0.39 is 39.2 Å². The van der Waals surface area contributed by atoms with E-state index >= 15 is 0 Å². The molecule has 7 nitrogen and oxygen atoms in total. The summed E-state index contributed by atoms with van der Waals surface area (Å²) in [6, 6.07) is 12.7. The summed E-state index contributed by atoms with van der Waals surface area (Å²) in [5, 5.41) is 11.5. The van der Waals surface area contributed by atoms with E-state index in [1.807, 2.05) is 0 Å². The summed E-state index contributed by atoms with van der Waals surface area (Å²) in [4.78, 5) is 36.9. The van der Waals surface area contributed by atoms with Gasteiger partial charge in [-0.05, 0) is 53.7 Å². The number of carbonyl (C=O) groups is 2. The Morgan fingerprint density at radius 2 is 1.73 bits per heavy atom. The summed E-state index contributed by atoms with van der Waals surface area (Å²) < 4.78 is 44.6. The highest BCUT2D eigenvalue weighted by atomic mass is 35.5. The number of halogens is 5. The van der Waals surface area contributed by atoms with Crippen LogP contribution in [-0.2, 0) is 17.5 Å². The maximum atomic E-state index is 13.0. The first-order valence-electron chi connectivity index (χ1n) is 10.3. The van der Waals surface area contributed by atoms with Crippen molar-refractivity contribution < 1.29 is 32.4 Å². The predicted molar refractivity (Wildman–Crippen MR) is 133 cm³/mol. The number of rotatable bonds is 6. The van der Waals surface area contributed by atoms with E-state index in [9.17, 15) is 32.9 Å². The van der Waals surface area contributed by atoms with Crippen LogP contribution < -0.4 is 4.74 Å². The Kier molecular flexibility index (Phi) is 7.49. The summed E-state index contributed by atoms with van der Waals surface area (Å²) in [5.41, 5.74) is -1.23. The third-order valence-corrected chi connectivity index (χ3v) is 6.75. The minimum absolute atomic E-state index is 0.0293. The molecule has 1 aliphatic rings. The molecule has 1 fully saturated rings. The van der Waals surface area contributed by atoms with E-state index in [1.165, 1.54) is 24.3 Å². The van der Waals surface area contributed by atoms with Crippen LogP contribution in [0.3, 0.4) is 0 Å². The number of thioether (sulfide) groups is 1. The van der Waals surface area contributed by atoms with Gasteiger partial charge in [-0.1, -0.05) is 47.5 Å². The summed E-state index contributed by atoms with van der Waals surface area (Å²) in [6.45, 7) is -0.0468. The zero-order chi connectivity index (χ0) is 26.9. The van der Waals surface area contributed by atoms with E-state index in [0.717, 1.165) is 11.0 Å². The third kappa shape index (κ3) is 5.90. The van der Waals surface area contributed by atoms with Gasteiger partial charge in [-0.3, -0.25) is 24.6 Å². The van der Waals surface area contributed by atoms with E-state index in [1.54, 1.807) is 24.3 Å². The van der Waals surface area contributed by atoms with E-state index in [2.05, 4.69) is 0 Å². The number of nitro benzene ring substituents is 1. The smallest absolute Gasteiger partial charge is 0.416 e. The number of carbonyl (C=O) groups excluding carboxylic acids is 2. The van der Waals surface area contributed by atoms with Gasteiger partial charge in [-0.25, -0.2) is 0 Å². The molecular weight excluding hydrogens is 556 g/mol. The lowest BCUT2D eigenvalue weighted by atomic mass is 10.1. The Morgan fingerprint density at radius 3 is 2.41 bits per heavy atom. The number of para-hydroxylation sites is 1. The molecule has 0 radical (unpaired) electrons. The van der Waals surface area contributed by atoms with Gasteiger partial charge < -0.3 is 4.74 Å². The summed E-state index contributed by atoms with van der Waals surface area (Å²) in [6.07, 6.45) is -3.41. The molecule has 0 bridgehead atoms. The fraction of sp³-hybridized carbons (Fsp3) is 0.0833. The molecule has 0 saturated carbocycles. The fourth-order valence-electron chi connectivity index (χ4n) is 3.33. The highest BCUT2D eigenvalue weighted by Crippen LogP contribution is 2.40. The Morgan fingerprint density at radius 1 is 1.00 bits per heavy atom. The van der Waals surface area contributed by atoms with Crippen LogP contribution in [0, 0.1) is 10.1 Å². The Balaban J connectivity index is 1.62. The quantitative estimate of drug-likeness (QED) is 0.170. The van der Waals surface area contributed by atoms with Crippen molar-refractivity contribution in [3.05, 3.63) is 102 Å². The van der Waals surface area contributed by atoms with Crippen LogP contribution in [-0.4, -0.2) is 21.0 Å². The van der Waals surface area contributed by atoms with Gasteiger partial charge in [0.2, 0.25) is 5.75 Å². The molecular formula is C24H13Cl2F3N2O5S. The molecule has 1 heterocycles. The van der Waals surface area contributed by atoms with Crippen molar-refractivity contribution in [3.63, 3.8) is 0 Å². The van der Waals surface area contributed by atoms with Crippen molar-refractivity contribution in [2.45, 2.75) is 12.7 Å². The van der Waals surface area contributed by atoms with E-state index in [-0.39, 0.29) is 27.8 Å². The van der Waals surface area contributed by atoms with Crippen LogP contribution in [0.15, 0.2) is 65.6 Å². The molecule has 4 rings (SSSR count). The van der Waals surface area contributed by atoms with Crippen molar-refractivity contribution in [2.24, 2.45) is 0 Å². The molecule has 13 heteroatoms. The second kappa shape index (κ2) is 10.4. The molecule has 3 aromatic carbocycles. The molecule has 0 unspecified atom stereocenters. The van der Waals surface area contributed by atoms with Gasteiger partial charge in [0.1, 0.15) is 5.75 Å². The monoisotopic (exact) mass is 568 g/mol. The summed E-state index contributed by atoms with van der Waals surface area (Å²) in [7, 11) is 0. The Hall–Kier alpha value is -3.54. The number of ether oxygens (including phenoxy) is 1. The van der Waals surface area contributed by atoms with Crippen LogP contribution in [0.2, 0.25) is 10.0 Å². The largest absolute Gasteiger partial charge is 0.449 e. The standard InChI is InChI=1S/C24H13Cl2F3N2O5S/c25-16-7-5-13(9-17(16)26)12-30-22(32)21(37-23(30)33)10-14-3-1-2-4-19(14)36-20-8-6-15(24(27,28)29)11-18(20)31(34)35/h1-11H,12H2/b21-10+. The topological polar surface area (TPSA) is 89.7 Å². The Labute approximate surface area is 221 Å². The number of amides is 2. The molecule has 3 aromatic rings. The molecule has 0 N–H and O–H groups in total. The second-order valence-electron chi connectivity index (χ2n) is 7.59. The highest BCUT2D eigenvalue weighted by Gasteiger charge is 2.36. The first kappa shape index (κ1) is 26.5. The average Bonchev–Trinajstić information content (AvgIpc) is 3.09. The van der Waals surface area contributed by atoms with Crippen LogP contribution >= 0.6 is 35.0 Å². The number of hydrogen-bond acceptors (Lipinski definition) is 6. The van der Waals surface area contributed by atoms with Crippen molar-refractivity contribution >= 4 is 57.9 Å². The maximum Gasteiger partial charge on any atom is 0.416 e. The van der Waals surface area contributed by atoms with Gasteiger partial charge >= 0.3 is 11.9 Å². The number of benzene rings is 3. The van der Waals surface area contributed by atoms with Crippen LogP contribution in [0.1, 0.15) is 16.7 Å². The lowest BCUT2D eigenvalue weighted by Crippen LogP contribution is -2.27. The molecule has 2 amide bonds. The lowest BCUT2D eigenvalue weighted by molar-refractivity contribution is -0.385. The van der Waals surface area contributed by atoms with E-state index in [4.69, 9.17) is 27.9 Å². The number of nitrogens with zero attached hydrogens (tertiary/aromatic N) is 2. The van der Waals surface area contributed by atoms with E-state index in [0.29, 0.717) is 34.5 Å². The summed E-state index contributed by atoms with van der Waals surface area (Å²) >= 11 is 12.6. The maximum absolute atomic E-state index is 13.0. The minimum atomic E-state index is -4.78. The van der Waals surface area contributed by atoms with Crippen molar-refractivity contribution in [2.75, 3.05) is 0 Å². The van der Waals surface area contributed by atoms with Gasteiger partial charge in [0.15, 0.2) is 0 Å². The van der Waals surface area contributed by atoms with Crippen molar-refractivity contribution in [3.8, 4) is 11.5 Å². The molecule has 0 aliphatic carbocycles. The first-order chi connectivity index (χ1) is 17.4. The minimum Gasteiger partial charge on any atom is -0.449 e. The summed E-state index contributed by atoms with van der Waals surface area (Å²) in [5.74, 6) is -0.982. The number of hydrogen-bond donors (Lipinski definition) is 0. The average molecular weight is 569 g/mol.